The monoisotopic (exact) mass is 312 g/mol. The molecular weight excluding hydrogens is 292 g/mol. The van der Waals surface area contributed by atoms with E-state index >= 15 is 0 Å². The fraction of sp³-hybridized carbons (Fsp3) is 0.375. The van der Waals surface area contributed by atoms with Gasteiger partial charge in [-0.3, -0.25) is 4.79 Å². The summed E-state index contributed by atoms with van der Waals surface area (Å²) in [5, 5.41) is 3.15. The molecule has 3 N–H and O–H groups in total. The van der Waals surface area contributed by atoms with Crippen molar-refractivity contribution in [3.8, 4) is 0 Å². The Balaban J connectivity index is 1.73. The van der Waals surface area contributed by atoms with Gasteiger partial charge in [0.15, 0.2) is 0 Å². The zero-order valence-electron chi connectivity index (χ0n) is 13.1. The second-order valence-electron chi connectivity index (χ2n) is 5.63. The van der Waals surface area contributed by atoms with Crippen molar-refractivity contribution < 1.29 is 4.79 Å². The zero-order chi connectivity index (χ0) is 16.2. The molecule has 7 nitrogen and oxygen atoms in total. The third-order valence-electron chi connectivity index (χ3n) is 4.05. The Morgan fingerprint density at radius 3 is 3.04 bits per heavy atom. The summed E-state index contributed by atoms with van der Waals surface area (Å²) in [6.07, 6.45) is 4.35. The van der Waals surface area contributed by atoms with E-state index in [9.17, 15) is 4.79 Å². The quantitative estimate of drug-likeness (QED) is 0.880. The molecule has 1 aliphatic heterocycles. The normalized spacial score (nSPS) is 17.3. The Morgan fingerprint density at radius 2 is 2.26 bits per heavy atom. The topological polar surface area (TPSA) is 97.0 Å². The summed E-state index contributed by atoms with van der Waals surface area (Å²) in [6.45, 7) is 3.43. The molecule has 0 aromatic carbocycles. The summed E-state index contributed by atoms with van der Waals surface area (Å²) in [7, 11) is 0. The number of aryl methyl sites for hydroxylation is 1. The van der Waals surface area contributed by atoms with Crippen LogP contribution in [0.3, 0.4) is 0 Å². The number of carbonyl (C=O) groups excluding carboxylic acids is 1. The number of carbonyl (C=O) groups is 1. The molecule has 3 rings (SSSR count). The van der Waals surface area contributed by atoms with Gasteiger partial charge in [0.1, 0.15) is 5.82 Å². The van der Waals surface area contributed by atoms with Crippen LogP contribution in [0.4, 0.5) is 11.8 Å². The van der Waals surface area contributed by atoms with Crippen LogP contribution in [0.1, 0.15) is 23.6 Å². The number of hydrogen-bond donors (Lipinski definition) is 2. The summed E-state index contributed by atoms with van der Waals surface area (Å²) in [5.74, 6) is 1.48. The smallest absolute Gasteiger partial charge is 0.236 e. The lowest BCUT2D eigenvalue weighted by Gasteiger charge is -2.15. The molecule has 0 saturated carbocycles. The summed E-state index contributed by atoms with van der Waals surface area (Å²) < 4.78 is 0. The number of nitrogens with two attached hydrogens (primary N) is 1. The number of amides is 1. The van der Waals surface area contributed by atoms with Gasteiger partial charge in [-0.05, 0) is 31.0 Å². The van der Waals surface area contributed by atoms with Crippen LogP contribution in [0.25, 0.3) is 0 Å². The van der Waals surface area contributed by atoms with Gasteiger partial charge >= 0.3 is 0 Å². The Labute approximate surface area is 135 Å². The Hall–Kier alpha value is -2.54. The first-order valence-electron chi connectivity index (χ1n) is 7.67. The van der Waals surface area contributed by atoms with E-state index in [-0.39, 0.29) is 18.4 Å². The van der Waals surface area contributed by atoms with Crippen LogP contribution in [-0.2, 0) is 4.79 Å². The lowest BCUT2D eigenvalue weighted by molar-refractivity contribution is -0.128. The zero-order valence-corrected chi connectivity index (χ0v) is 13.1. The fourth-order valence-corrected chi connectivity index (χ4v) is 2.74. The Kier molecular flexibility index (Phi) is 4.47. The van der Waals surface area contributed by atoms with Crippen molar-refractivity contribution >= 4 is 17.7 Å². The summed E-state index contributed by atoms with van der Waals surface area (Å²) >= 11 is 0. The van der Waals surface area contributed by atoms with Crippen molar-refractivity contribution in [2.75, 3.05) is 25.0 Å². The van der Waals surface area contributed by atoms with E-state index in [0.29, 0.717) is 12.5 Å². The summed E-state index contributed by atoms with van der Waals surface area (Å²) in [5.41, 5.74) is 7.39. The predicted molar refractivity (Wildman–Crippen MR) is 87.3 cm³/mol. The third kappa shape index (κ3) is 3.45. The highest BCUT2D eigenvalue weighted by atomic mass is 16.2. The average Bonchev–Trinajstić information content (AvgIpc) is 3.07. The minimum Gasteiger partial charge on any atom is -0.341 e. The summed E-state index contributed by atoms with van der Waals surface area (Å²) in [4.78, 5) is 26.6. The molecule has 1 aliphatic rings. The molecule has 23 heavy (non-hydrogen) atoms. The Bertz CT molecular complexity index is 704. The highest BCUT2D eigenvalue weighted by Gasteiger charge is 2.27. The van der Waals surface area contributed by atoms with Gasteiger partial charge in [-0.2, -0.15) is 0 Å². The number of likely N-dealkylation sites (tertiary alicyclic amines) is 1. The molecule has 2 aromatic rings. The predicted octanol–water partition coefficient (Wildman–Crippen LogP) is 1.20. The second-order valence-corrected chi connectivity index (χ2v) is 5.63. The molecule has 1 atom stereocenters. The number of nitrogens with zero attached hydrogens (tertiary/aromatic N) is 4. The minimum absolute atomic E-state index is 0.0102. The van der Waals surface area contributed by atoms with E-state index in [1.165, 1.54) is 0 Å². The van der Waals surface area contributed by atoms with Gasteiger partial charge in [0.25, 0.3) is 0 Å². The van der Waals surface area contributed by atoms with Crippen molar-refractivity contribution in [3.63, 3.8) is 0 Å². The number of nitrogens with one attached hydrogen (secondary N) is 1. The van der Waals surface area contributed by atoms with Crippen LogP contribution in [0.2, 0.25) is 0 Å². The minimum atomic E-state index is -0.0102. The molecule has 0 aliphatic carbocycles. The maximum Gasteiger partial charge on any atom is 0.236 e. The molecule has 1 saturated heterocycles. The van der Waals surface area contributed by atoms with E-state index < -0.39 is 0 Å². The lowest BCUT2D eigenvalue weighted by atomic mass is 10.1. The van der Waals surface area contributed by atoms with E-state index in [0.717, 1.165) is 30.0 Å². The number of rotatable bonds is 4. The molecule has 1 amide bonds. The number of pyridine rings is 1. The van der Waals surface area contributed by atoms with Crippen molar-refractivity contribution in [2.45, 2.75) is 19.3 Å². The SMILES string of the molecule is Cc1cccnc1Nc1nccc([C@@H]2CCN(C(=O)CN)C2)n1. The van der Waals surface area contributed by atoms with E-state index in [1.807, 2.05) is 25.1 Å². The van der Waals surface area contributed by atoms with Crippen molar-refractivity contribution in [1.29, 1.82) is 0 Å². The molecule has 3 heterocycles. The van der Waals surface area contributed by atoms with E-state index in [1.54, 1.807) is 17.3 Å². The summed E-state index contributed by atoms with van der Waals surface area (Å²) in [6, 6.07) is 5.77. The fourth-order valence-electron chi connectivity index (χ4n) is 2.74. The van der Waals surface area contributed by atoms with Gasteiger partial charge in [0.2, 0.25) is 11.9 Å². The molecule has 0 unspecified atom stereocenters. The van der Waals surface area contributed by atoms with E-state index in [4.69, 9.17) is 5.73 Å². The van der Waals surface area contributed by atoms with Gasteiger partial charge in [-0.25, -0.2) is 15.0 Å². The molecule has 120 valence electrons. The maximum absolute atomic E-state index is 11.7. The maximum atomic E-state index is 11.7. The van der Waals surface area contributed by atoms with Crippen molar-refractivity contribution in [3.05, 3.63) is 41.9 Å². The van der Waals surface area contributed by atoms with Crippen molar-refractivity contribution in [1.82, 2.24) is 19.9 Å². The molecule has 0 radical (unpaired) electrons. The molecule has 7 heteroatoms. The van der Waals surface area contributed by atoms with Crippen LogP contribution < -0.4 is 11.1 Å². The number of anilines is 2. The molecule has 2 aromatic heterocycles. The van der Waals surface area contributed by atoms with Crippen LogP contribution in [0, 0.1) is 6.92 Å². The van der Waals surface area contributed by atoms with Crippen molar-refractivity contribution in [2.24, 2.45) is 5.73 Å². The second kappa shape index (κ2) is 6.70. The van der Waals surface area contributed by atoms with E-state index in [2.05, 4.69) is 20.3 Å². The highest BCUT2D eigenvalue weighted by Crippen LogP contribution is 2.26. The van der Waals surface area contributed by atoms with Gasteiger partial charge in [-0.1, -0.05) is 6.07 Å². The van der Waals surface area contributed by atoms with Crippen LogP contribution >= 0.6 is 0 Å². The van der Waals surface area contributed by atoms with Crippen LogP contribution in [0.15, 0.2) is 30.6 Å². The highest BCUT2D eigenvalue weighted by molar-refractivity contribution is 5.78. The number of aromatic nitrogens is 3. The third-order valence-corrected chi connectivity index (χ3v) is 4.05. The van der Waals surface area contributed by atoms with Crippen LogP contribution in [0.5, 0.6) is 0 Å². The molecule has 0 spiro atoms. The van der Waals surface area contributed by atoms with Gasteiger partial charge in [-0.15, -0.1) is 0 Å². The van der Waals surface area contributed by atoms with Gasteiger partial charge in [0.05, 0.1) is 12.2 Å². The largest absolute Gasteiger partial charge is 0.341 e. The molecule has 1 fully saturated rings. The first-order valence-corrected chi connectivity index (χ1v) is 7.67. The van der Waals surface area contributed by atoms with Crippen LogP contribution in [-0.4, -0.2) is 45.4 Å². The first-order chi connectivity index (χ1) is 11.2. The first kappa shape index (κ1) is 15.4. The lowest BCUT2D eigenvalue weighted by Crippen LogP contribution is -2.33. The molecular formula is C16H20N6O. The Morgan fingerprint density at radius 1 is 1.39 bits per heavy atom. The molecule has 0 bridgehead atoms. The van der Waals surface area contributed by atoms with Gasteiger partial charge in [0, 0.05) is 31.4 Å². The average molecular weight is 312 g/mol. The standard InChI is InChI=1S/C16H20N6O/c1-11-3-2-6-18-15(11)21-16-19-7-4-13(20-16)12-5-8-22(10-12)14(23)9-17/h2-4,6-7,12H,5,8-10,17H2,1H3,(H,18,19,20,21)/t12-/m1/s1. The van der Waals surface area contributed by atoms with Gasteiger partial charge < -0.3 is 16.0 Å². The number of hydrogen-bond acceptors (Lipinski definition) is 6.